The van der Waals surface area contributed by atoms with Crippen LogP contribution in [0.3, 0.4) is 0 Å². The van der Waals surface area contributed by atoms with Gasteiger partial charge in [-0.1, -0.05) is 12.1 Å². The van der Waals surface area contributed by atoms with Gasteiger partial charge in [-0.2, -0.15) is 0 Å². The molecule has 0 heterocycles. The van der Waals surface area contributed by atoms with Crippen LogP contribution < -0.4 is 17.2 Å². The van der Waals surface area contributed by atoms with Gasteiger partial charge in [0, 0.05) is 5.57 Å². The summed E-state index contributed by atoms with van der Waals surface area (Å²) >= 11 is 0. The van der Waals surface area contributed by atoms with Crippen molar-refractivity contribution in [1.29, 1.82) is 0 Å². The minimum absolute atomic E-state index is 0.892. The lowest BCUT2D eigenvalue weighted by molar-refractivity contribution is 0.560. The molecule has 0 fully saturated rings. The van der Waals surface area contributed by atoms with Gasteiger partial charge in [0.25, 0.3) is 0 Å². The van der Waals surface area contributed by atoms with Crippen LogP contribution in [0.5, 0.6) is 0 Å². The average Bonchev–Trinajstić information content (AvgIpc) is 2.93. The predicted molar refractivity (Wildman–Crippen MR) is 86.3 cm³/mol. The molecule has 0 atom stereocenters. The molecule has 0 radical (unpaired) electrons. The minimum Gasteiger partial charge on any atom is -0.297 e. The Morgan fingerprint density at radius 1 is 1.05 bits per heavy atom. The van der Waals surface area contributed by atoms with Gasteiger partial charge in [-0.3, -0.25) is 17.2 Å². The normalized spacial score (nSPS) is 18.2. The molecule has 104 valence electrons. The van der Waals surface area contributed by atoms with Gasteiger partial charge in [-0.05, 0) is 81.6 Å². The first-order chi connectivity index (χ1) is 9.95. The Balaban J connectivity index is 1.87. The van der Waals surface area contributed by atoms with Crippen molar-refractivity contribution >= 4 is 21.9 Å². The van der Waals surface area contributed by atoms with Gasteiger partial charge >= 0.3 is 0 Å². The Labute approximate surface area is 123 Å². The number of hydrogen-bond donors (Lipinski definition) is 3. The van der Waals surface area contributed by atoms with E-state index in [1.54, 1.807) is 0 Å². The van der Waals surface area contributed by atoms with E-state index < -0.39 is 5.79 Å². The molecule has 3 aliphatic rings. The Morgan fingerprint density at radius 3 is 2.62 bits per heavy atom. The number of rotatable bonds is 1. The zero-order valence-electron chi connectivity index (χ0n) is 12.0. The van der Waals surface area contributed by atoms with Crippen LogP contribution in [0.25, 0.3) is 21.9 Å². The van der Waals surface area contributed by atoms with E-state index in [0.717, 1.165) is 18.4 Å². The summed E-state index contributed by atoms with van der Waals surface area (Å²) in [6, 6.07) is 6.73. The third-order valence-corrected chi connectivity index (χ3v) is 5.23. The summed E-state index contributed by atoms with van der Waals surface area (Å²) in [5.74, 6) is -1.24. The topological polar surface area (TPSA) is 78.1 Å². The number of nitrogens with two attached hydrogens (primary N) is 3. The summed E-state index contributed by atoms with van der Waals surface area (Å²) in [5.41, 5.74) is 28.3. The molecule has 3 heteroatoms. The summed E-state index contributed by atoms with van der Waals surface area (Å²) in [6.07, 6.45) is 4.12. The Morgan fingerprint density at radius 2 is 1.86 bits per heavy atom. The lowest BCUT2D eigenvalue weighted by Crippen LogP contribution is -2.59. The summed E-state index contributed by atoms with van der Waals surface area (Å²) < 4.78 is 0. The molecule has 0 amide bonds. The molecule has 0 aromatic heterocycles. The molecule has 0 unspecified atom stereocenters. The monoisotopic (exact) mass is 275 g/mol. The molecule has 0 aliphatic heterocycles. The van der Waals surface area contributed by atoms with Crippen LogP contribution in [-0.4, -0.2) is 5.79 Å². The summed E-state index contributed by atoms with van der Waals surface area (Å²) in [7, 11) is 0. The quantitative estimate of drug-likeness (QED) is 0.595. The molecule has 5 rings (SSSR count). The third-order valence-electron chi connectivity index (χ3n) is 5.23. The van der Waals surface area contributed by atoms with E-state index in [1.807, 2.05) is 0 Å². The zero-order chi connectivity index (χ0) is 14.5. The van der Waals surface area contributed by atoms with Gasteiger partial charge < -0.3 is 0 Å². The van der Waals surface area contributed by atoms with Crippen molar-refractivity contribution < 1.29 is 0 Å². The maximum absolute atomic E-state index is 5.92. The zero-order valence-corrected chi connectivity index (χ0v) is 12.0. The van der Waals surface area contributed by atoms with Gasteiger partial charge in [0.15, 0.2) is 0 Å². The van der Waals surface area contributed by atoms with E-state index in [1.165, 1.54) is 49.7 Å². The highest BCUT2D eigenvalue weighted by Gasteiger charge is 2.38. The first-order valence-corrected chi connectivity index (χ1v) is 7.35. The predicted octanol–water partition coefficient (Wildman–Crippen LogP) is 2.14. The largest absolute Gasteiger partial charge is 0.297 e. The van der Waals surface area contributed by atoms with Gasteiger partial charge in [0.2, 0.25) is 0 Å². The van der Waals surface area contributed by atoms with E-state index in [0.29, 0.717) is 0 Å². The van der Waals surface area contributed by atoms with Crippen molar-refractivity contribution in [1.82, 2.24) is 0 Å². The number of benzene rings is 2. The van der Waals surface area contributed by atoms with Crippen LogP contribution in [-0.2, 0) is 6.42 Å². The van der Waals surface area contributed by atoms with E-state index in [2.05, 4.69) is 31.2 Å². The van der Waals surface area contributed by atoms with Crippen molar-refractivity contribution in [2.24, 2.45) is 17.2 Å². The first kappa shape index (κ1) is 11.7. The van der Waals surface area contributed by atoms with Crippen LogP contribution in [0.15, 0.2) is 29.8 Å². The molecule has 0 saturated carbocycles. The highest BCUT2D eigenvalue weighted by atomic mass is 15.1. The minimum atomic E-state index is -1.24. The van der Waals surface area contributed by atoms with Gasteiger partial charge in [0.1, 0.15) is 5.79 Å². The standard InChI is InChI=1S/C18H17N3/c1-8-2-3-9-4-13-12-5-10(6-15(12)18(19,20)21)17(13)14-7-11(8)16(9)14/h2-4,6H,5,7,19-21H2,1H3. The summed E-state index contributed by atoms with van der Waals surface area (Å²) in [5, 5.41) is 2.79. The molecule has 6 N–H and O–H groups in total. The van der Waals surface area contributed by atoms with Crippen LogP contribution in [0.4, 0.5) is 0 Å². The number of fused-ring (bicyclic) bond motifs is 6. The number of aryl methyl sites for hydroxylation is 1. The molecular formula is C18H17N3. The molecule has 0 spiro atoms. The van der Waals surface area contributed by atoms with Crippen molar-refractivity contribution in [3.63, 3.8) is 0 Å². The highest BCUT2D eigenvalue weighted by molar-refractivity contribution is 6.09. The fourth-order valence-corrected chi connectivity index (χ4v) is 4.23. The second-order valence-electron chi connectivity index (χ2n) is 6.59. The second kappa shape index (κ2) is 3.28. The third kappa shape index (κ3) is 1.25. The summed E-state index contributed by atoms with van der Waals surface area (Å²) in [4.78, 5) is 0. The smallest absolute Gasteiger partial charge is 0.143 e. The highest BCUT2D eigenvalue weighted by Crippen LogP contribution is 2.54. The van der Waals surface area contributed by atoms with Crippen molar-refractivity contribution in [3.05, 3.63) is 57.7 Å². The fraction of sp³-hybridized carbons (Fsp3) is 0.222. The fourth-order valence-electron chi connectivity index (χ4n) is 4.23. The lowest BCUT2D eigenvalue weighted by Gasteiger charge is -2.29. The van der Waals surface area contributed by atoms with Crippen LogP contribution in [0, 0.1) is 6.92 Å². The van der Waals surface area contributed by atoms with Gasteiger partial charge in [-0.15, -0.1) is 0 Å². The average molecular weight is 275 g/mol. The molecule has 2 aromatic rings. The Kier molecular flexibility index (Phi) is 1.82. The van der Waals surface area contributed by atoms with Crippen molar-refractivity contribution in [2.45, 2.75) is 25.6 Å². The molecular weight excluding hydrogens is 258 g/mol. The Bertz CT molecular complexity index is 924. The van der Waals surface area contributed by atoms with Crippen molar-refractivity contribution in [3.8, 4) is 0 Å². The van der Waals surface area contributed by atoms with Gasteiger partial charge in [0.05, 0.1) is 0 Å². The molecule has 2 bridgehead atoms. The molecule has 2 aromatic carbocycles. The molecule has 3 nitrogen and oxygen atoms in total. The molecule has 3 aliphatic carbocycles. The lowest BCUT2D eigenvalue weighted by atomic mass is 9.76. The molecule has 0 saturated heterocycles. The van der Waals surface area contributed by atoms with Crippen molar-refractivity contribution in [2.75, 3.05) is 0 Å². The number of hydrogen-bond acceptors (Lipinski definition) is 3. The van der Waals surface area contributed by atoms with Crippen LogP contribution in [0.2, 0.25) is 0 Å². The van der Waals surface area contributed by atoms with E-state index in [-0.39, 0.29) is 0 Å². The SMILES string of the molecule is Cc1ccc2cc3c(c4c2c1C4)C1=CC(C(N)(N)N)=C3C1. The van der Waals surface area contributed by atoms with Crippen LogP contribution >= 0.6 is 0 Å². The van der Waals surface area contributed by atoms with E-state index >= 15 is 0 Å². The maximum Gasteiger partial charge on any atom is 0.143 e. The van der Waals surface area contributed by atoms with E-state index in [9.17, 15) is 0 Å². The second-order valence-corrected chi connectivity index (χ2v) is 6.59. The van der Waals surface area contributed by atoms with Gasteiger partial charge in [-0.25, -0.2) is 0 Å². The maximum atomic E-state index is 5.92. The number of allylic oxidation sites excluding steroid dienone is 2. The van der Waals surface area contributed by atoms with E-state index in [4.69, 9.17) is 17.2 Å². The summed E-state index contributed by atoms with van der Waals surface area (Å²) in [6.45, 7) is 2.20. The van der Waals surface area contributed by atoms with Crippen LogP contribution in [0.1, 0.15) is 34.2 Å². The molecule has 21 heavy (non-hydrogen) atoms. The Hall–Kier alpha value is -1.94. The first-order valence-electron chi connectivity index (χ1n) is 7.35.